The lowest BCUT2D eigenvalue weighted by atomic mass is 9.70. The largest absolute Gasteiger partial charge is 0.148 e. The Balaban J connectivity index is 2.95. The second kappa shape index (κ2) is 5.11. The van der Waals surface area contributed by atoms with E-state index in [4.69, 9.17) is 0 Å². The zero-order chi connectivity index (χ0) is 9.68. The van der Waals surface area contributed by atoms with Gasteiger partial charge in [0.05, 0.1) is 0 Å². The number of hydrogen-bond donors (Lipinski definition) is 0. The maximum atomic E-state index is 2.35. The molecule has 0 saturated heterocycles. The molecule has 0 aromatic heterocycles. The summed E-state index contributed by atoms with van der Waals surface area (Å²) in [6.07, 6.45) is 3.57. The van der Waals surface area contributed by atoms with E-state index in [-0.39, 0.29) is 0 Å². The third kappa shape index (κ3) is 2.62. The zero-order valence-corrected chi connectivity index (χ0v) is 8.93. The molecule has 0 heterocycles. The summed E-state index contributed by atoms with van der Waals surface area (Å²) in [6.45, 7) is 6.55. The molecule has 0 aliphatic carbocycles. The molecule has 0 fully saturated rings. The SMILES string of the molecule is C[B]c1ccc(CC)cc1CCC. The number of aryl methyl sites for hydroxylation is 2. The third-order valence-corrected chi connectivity index (χ3v) is 2.45. The van der Waals surface area contributed by atoms with Gasteiger partial charge in [0.2, 0.25) is 0 Å². The van der Waals surface area contributed by atoms with Crippen molar-refractivity contribution in [2.75, 3.05) is 0 Å². The van der Waals surface area contributed by atoms with E-state index in [1.807, 2.05) is 0 Å². The minimum absolute atomic E-state index is 1.14. The van der Waals surface area contributed by atoms with Gasteiger partial charge in [-0.05, 0) is 18.4 Å². The summed E-state index contributed by atoms with van der Waals surface area (Å²) in [4.78, 5) is 0. The van der Waals surface area contributed by atoms with Crippen LogP contribution in [0.5, 0.6) is 0 Å². The van der Waals surface area contributed by atoms with E-state index in [0.717, 1.165) is 6.42 Å². The first-order chi connectivity index (χ1) is 6.31. The summed E-state index contributed by atoms with van der Waals surface area (Å²) in [5.74, 6) is 0. The van der Waals surface area contributed by atoms with E-state index in [1.54, 1.807) is 0 Å². The van der Waals surface area contributed by atoms with Crippen LogP contribution in [0.3, 0.4) is 0 Å². The quantitative estimate of drug-likeness (QED) is 0.614. The van der Waals surface area contributed by atoms with Crippen molar-refractivity contribution in [3.8, 4) is 0 Å². The lowest BCUT2D eigenvalue weighted by molar-refractivity contribution is 0.923. The molecule has 0 aliphatic heterocycles. The molecule has 0 spiro atoms. The minimum atomic E-state index is 1.14. The highest BCUT2D eigenvalue weighted by Gasteiger charge is 2.00. The Morgan fingerprint density at radius 1 is 1.23 bits per heavy atom. The molecule has 0 atom stereocenters. The second-order valence-electron chi connectivity index (χ2n) is 3.43. The Morgan fingerprint density at radius 3 is 2.54 bits per heavy atom. The maximum absolute atomic E-state index is 2.35. The summed E-state index contributed by atoms with van der Waals surface area (Å²) in [7, 11) is 2.20. The van der Waals surface area contributed by atoms with E-state index in [0.29, 0.717) is 0 Å². The summed E-state index contributed by atoms with van der Waals surface area (Å²) in [5, 5.41) is 0. The van der Waals surface area contributed by atoms with Gasteiger partial charge in [0, 0.05) is 0 Å². The predicted molar refractivity (Wildman–Crippen MR) is 61.1 cm³/mol. The van der Waals surface area contributed by atoms with Crippen LogP contribution in [0, 0.1) is 0 Å². The van der Waals surface area contributed by atoms with Crippen LogP contribution in [0.15, 0.2) is 18.2 Å². The Hall–Kier alpha value is -0.715. The summed E-state index contributed by atoms with van der Waals surface area (Å²) >= 11 is 0. The Morgan fingerprint density at radius 2 is 2.00 bits per heavy atom. The number of rotatable bonds is 4. The van der Waals surface area contributed by atoms with Crippen LogP contribution < -0.4 is 5.46 Å². The van der Waals surface area contributed by atoms with Crippen LogP contribution in [0.1, 0.15) is 31.4 Å². The lowest BCUT2D eigenvalue weighted by Gasteiger charge is -2.08. The highest BCUT2D eigenvalue weighted by molar-refractivity contribution is 6.52. The van der Waals surface area contributed by atoms with Gasteiger partial charge < -0.3 is 0 Å². The van der Waals surface area contributed by atoms with E-state index in [9.17, 15) is 0 Å². The average Bonchev–Trinajstić information content (AvgIpc) is 2.18. The first kappa shape index (κ1) is 10.4. The van der Waals surface area contributed by atoms with Crippen molar-refractivity contribution >= 4 is 12.7 Å². The van der Waals surface area contributed by atoms with E-state index in [2.05, 4.69) is 46.1 Å². The molecular formula is C12H18B. The molecule has 1 aromatic carbocycles. The summed E-state index contributed by atoms with van der Waals surface area (Å²) < 4.78 is 0. The Kier molecular flexibility index (Phi) is 4.07. The minimum Gasteiger partial charge on any atom is -0.0872 e. The zero-order valence-electron chi connectivity index (χ0n) is 8.93. The monoisotopic (exact) mass is 173 g/mol. The normalized spacial score (nSPS) is 10.1. The van der Waals surface area contributed by atoms with Crippen LogP contribution in [-0.4, -0.2) is 7.28 Å². The van der Waals surface area contributed by atoms with Gasteiger partial charge in [-0.1, -0.05) is 56.3 Å². The lowest BCUT2D eigenvalue weighted by Crippen LogP contribution is -2.16. The van der Waals surface area contributed by atoms with Gasteiger partial charge >= 0.3 is 0 Å². The molecule has 69 valence electrons. The third-order valence-electron chi connectivity index (χ3n) is 2.45. The highest BCUT2D eigenvalue weighted by Crippen LogP contribution is 2.06. The molecule has 0 saturated carbocycles. The van der Waals surface area contributed by atoms with E-state index < -0.39 is 0 Å². The van der Waals surface area contributed by atoms with Gasteiger partial charge in [-0.15, -0.1) is 0 Å². The van der Waals surface area contributed by atoms with Crippen molar-refractivity contribution in [2.24, 2.45) is 0 Å². The molecule has 0 amide bonds. The molecule has 1 rings (SSSR count). The molecular weight excluding hydrogens is 155 g/mol. The highest BCUT2D eigenvalue weighted by atomic mass is 14.0. The molecule has 0 aliphatic rings. The number of benzene rings is 1. The number of hydrogen-bond acceptors (Lipinski definition) is 0. The van der Waals surface area contributed by atoms with E-state index in [1.165, 1.54) is 29.4 Å². The predicted octanol–water partition coefficient (Wildman–Crippen LogP) is 2.58. The molecule has 0 bridgehead atoms. The van der Waals surface area contributed by atoms with Gasteiger partial charge in [0.25, 0.3) is 0 Å². The van der Waals surface area contributed by atoms with Gasteiger partial charge in [-0.25, -0.2) is 0 Å². The van der Waals surface area contributed by atoms with Crippen molar-refractivity contribution < 1.29 is 0 Å². The van der Waals surface area contributed by atoms with Gasteiger partial charge in [-0.2, -0.15) is 0 Å². The summed E-state index contributed by atoms with van der Waals surface area (Å²) in [5.41, 5.74) is 4.36. The maximum Gasteiger partial charge on any atom is 0.148 e. The van der Waals surface area contributed by atoms with Gasteiger partial charge in [0.15, 0.2) is 0 Å². The van der Waals surface area contributed by atoms with Crippen molar-refractivity contribution in [1.82, 2.24) is 0 Å². The average molecular weight is 173 g/mol. The van der Waals surface area contributed by atoms with Crippen LogP contribution in [0.4, 0.5) is 0 Å². The van der Waals surface area contributed by atoms with Crippen molar-refractivity contribution in [1.29, 1.82) is 0 Å². The fourth-order valence-electron chi connectivity index (χ4n) is 1.65. The van der Waals surface area contributed by atoms with Gasteiger partial charge in [-0.3, -0.25) is 0 Å². The second-order valence-corrected chi connectivity index (χ2v) is 3.43. The van der Waals surface area contributed by atoms with E-state index >= 15 is 0 Å². The molecule has 1 heteroatoms. The van der Waals surface area contributed by atoms with Crippen LogP contribution in [0.25, 0.3) is 0 Å². The van der Waals surface area contributed by atoms with Crippen molar-refractivity contribution in [2.45, 2.75) is 39.9 Å². The van der Waals surface area contributed by atoms with Gasteiger partial charge in [0.1, 0.15) is 7.28 Å². The molecule has 0 N–H and O–H groups in total. The topological polar surface area (TPSA) is 0 Å². The Labute approximate surface area is 82.6 Å². The smallest absolute Gasteiger partial charge is 0.0872 e. The molecule has 0 unspecified atom stereocenters. The Bertz CT molecular complexity index is 266. The fraction of sp³-hybridized carbons (Fsp3) is 0.500. The summed E-state index contributed by atoms with van der Waals surface area (Å²) in [6, 6.07) is 6.82. The molecule has 1 aromatic rings. The van der Waals surface area contributed by atoms with Crippen LogP contribution in [0.2, 0.25) is 6.82 Å². The fourth-order valence-corrected chi connectivity index (χ4v) is 1.65. The molecule has 0 nitrogen and oxygen atoms in total. The standard InChI is InChI=1S/C12H18B/c1-4-6-11-9-10(5-2)7-8-12(11)13-3/h7-9H,4-6H2,1-3H3. The van der Waals surface area contributed by atoms with Crippen LogP contribution >= 0.6 is 0 Å². The van der Waals surface area contributed by atoms with Crippen LogP contribution in [-0.2, 0) is 12.8 Å². The molecule has 13 heavy (non-hydrogen) atoms. The first-order valence-corrected chi connectivity index (χ1v) is 5.23. The first-order valence-electron chi connectivity index (χ1n) is 5.23. The van der Waals surface area contributed by atoms with Crippen molar-refractivity contribution in [3.63, 3.8) is 0 Å². The van der Waals surface area contributed by atoms with Crippen molar-refractivity contribution in [3.05, 3.63) is 29.3 Å². The molecule has 1 radical (unpaired) electrons.